The van der Waals surface area contributed by atoms with Crippen LogP contribution in [0.1, 0.15) is 17.5 Å². The minimum Gasteiger partial charge on any atom is -0.467 e. The van der Waals surface area contributed by atoms with Gasteiger partial charge in [-0.25, -0.2) is 9.59 Å². The van der Waals surface area contributed by atoms with Crippen molar-refractivity contribution in [1.82, 2.24) is 10.6 Å². The van der Waals surface area contributed by atoms with E-state index in [0.717, 1.165) is 10.0 Å². The van der Waals surface area contributed by atoms with Crippen LogP contribution in [0, 0.1) is 0 Å². The van der Waals surface area contributed by atoms with Gasteiger partial charge in [-0.15, -0.1) is 0 Å². The largest absolute Gasteiger partial charge is 0.467 e. The molecule has 0 saturated heterocycles. The van der Waals surface area contributed by atoms with Gasteiger partial charge < -0.3 is 25.2 Å². The monoisotopic (exact) mass is 526 g/mol. The van der Waals surface area contributed by atoms with Gasteiger partial charge in [0.25, 0.3) is 0 Å². The fourth-order valence-corrected chi connectivity index (χ4v) is 3.37. The predicted octanol–water partition coefficient (Wildman–Crippen LogP) is 2.98. The van der Waals surface area contributed by atoms with Crippen LogP contribution in [0.2, 0.25) is 5.02 Å². The number of aliphatic hydroxyl groups is 1. The molecule has 2 amide bonds. The first kappa shape index (κ1) is 25.6. The third-order valence-corrected chi connectivity index (χ3v) is 5.38. The second kappa shape index (κ2) is 13.0. The Labute approximate surface area is 199 Å². The number of benzene rings is 2. The van der Waals surface area contributed by atoms with Crippen molar-refractivity contribution in [1.29, 1.82) is 0 Å². The molecule has 2 atom stereocenters. The first-order valence-electron chi connectivity index (χ1n) is 9.72. The summed E-state index contributed by atoms with van der Waals surface area (Å²) >= 11 is 9.39. The summed E-state index contributed by atoms with van der Waals surface area (Å²) in [4.78, 5) is 36.2. The number of nitrogens with one attached hydrogen (secondary N) is 2. The zero-order valence-electron chi connectivity index (χ0n) is 17.3. The van der Waals surface area contributed by atoms with Gasteiger partial charge in [-0.05, 0) is 29.3 Å². The standard InChI is InChI=1S/C22H24BrClN2O6/c1-31-21(29)19(10-15-9-16(24)7-8-18(15)23)26-20(28)11-17(27)12-25-22(30)32-13-14-5-3-2-4-6-14/h2-9,17,19,27H,10-13H2,1H3,(H,25,30)(H,26,28)/t17-,19+/m0/s1. The first-order chi connectivity index (χ1) is 15.3. The van der Waals surface area contributed by atoms with E-state index in [-0.39, 0.29) is 26.0 Å². The SMILES string of the molecule is COC(=O)[C@@H](Cc1cc(Cl)ccc1Br)NC(=O)C[C@H](O)CNC(=O)OCc1ccccc1. The van der Waals surface area contributed by atoms with E-state index < -0.39 is 30.1 Å². The van der Waals surface area contributed by atoms with E-state index in [4.69, 9.17) is 21.1 Å². The molecule has 0 aromatic heterocycles. The van der Waals surface area contributed by atoms with Gasteiger partial charge in [0.05, 0.1) is 19.6 Å². The summed E-state index contributed by atoms with van der Waals surface area (Å²) in [6.45, 7) is -0.104. The van der Waals surface area contributed by atoms with Crippen molar-refractivity contribution in [3.05, 3.63) is 69.2 Å². The van der Waals surface area contributed by atoms with Crippen LogP contribution >= 0.6 is 27.5 Å². The number of carbonyl (C=O) groups excluding carboxylic acids is 3. The average molecular weight is 528 g/mol. The Morgan fingerprint density at radius 3 is 2.56 bits per heavy atom. The molecule has 8 nitrogen and oxygen atoms in total. The van der Waals surface area contributed by atoms with Crippen LogP contribution in [0.3, 0.4) is 0 Å². The summed E-state index contributed by atoms with van der Waals surface area (Å²) in [5.41, 5.74) is 1.53. The van der Waals surface area contributed by atoms with Crippen molar-refractivity contribution in [2.24, 2.45) is 0 Å². The van der Waals surface area contributed by atoms with Crippen molar-refractivity contribution in [2.45, 2.75) is 31.6 Å². The molecule has 2 rings (SSSR count). The number of amides is 2. The van der Waals surface area contributed by atoms with Crippen LogP contribution in [-0.4, -0.2) is 48.9 Å². The van der Waals surface area contributed by atoms with Gasteiger partial charge in [0.15, 0.2) is 0 Å². The number of esters is 1. The topological polar surface area (TPSA) is 114 Å². The number of hydrogen-bond acceptors (Lipinski definition) is 6. The number of ether oxygens (including phenoxy) is 2. The highest BCUT2D eigenvalue weighted by Crippen LogP contribution is 2.22. The molecule has 2 aromatic carbocycles. The van der Waals surface area contributed by atoms with Crippen LogP contribution < -0.4 is 10.6 Å². The molecular formula is C22H24BrClN2O6. The van der Waals surface area contributed by atoms with Gasteiger partial charge in [-0.2, -0.15) is 0 Å². The Morgan fingerprint density at radius 1 is 1.16 bits per heavy atom. The number of methoxy groups -OCH3 is 1. The maximum Gasteiger partial charge on any atom is 0.407 e. The van der Waals surface area contributed by atoms with Gasteiger partial charge in [0, 0.05) is 22.5 Å². The molecule has 0 bridgehead atoms. The number of carbonyl (C=O) groups is 3. The number of hydrogen-bond donors (Lipinski definition) is 3. The molecule has 2 aromatic rings. The Hall–Kier alpha value is -2.62. The van der Waals surface area contributed by atoms with Gasteiger partial charge in [0.2, 0.25) is 5.91 Å². The van der Waals surface area contributed by atoms with E-state index in [9.17, 15) is 19.5 Å². The molecule has 10 heteroatoms. The van der Waals surface area contributed by atoms with Crippen molar-refractivity contribution in [3.8, 4) is 0 Å². The fourth-order valence-electron chi connectivity index (χ4n) is 2.77. The third kappa shape index (κ3) is 8.86. The Kier molecular flexibility index (Phi) is 10.5. The maximum atomic E-state index is 12.3. The molecule has 32 heavy (non-hydrogen) atoms. The van der Waals surface area contributed by atoms with Crippen LogP contribution in [-0.2, 0) is 32.1 Å². The van der Waals surface area contributed by atoms with Crippen LogP contribution in [0.4, 0.5) is 4.79 Å². The van der Waals surface area contributed by atoms with Crippen molar-refractivity contribution in [2.75, 3.05) is 13.7 Å². The normalized spacial score (nSPS) is 12.4. The van der Waals surface area contributed by atoms with E-state index in [2.05, 4.69) is 26.6 Å². The minimum absolute atomic E-state index is 0.0864. The molecule has 0 radical (unpaired) electrons. The molecule has 0 unspecified atom stereocenters. The number of rotatable bonds is 10. The van der Waals surface area contributed by atoms with Crippen molar-refractivity contribution < 1.29 is 29.0 Å². The fraction of sp³-hybridized carbons (Fsp3) is 0.318. The average Bonchev–Trinajstić information content (AvgIpc) is 2.78. The number of halogens is 2. The highest BCUT2D eigenvalue weighted by atomic mass is 79.9. The molecule has 0 spiro atoms. The van der Waals surface area contributed by atoms with E-state index in [1.54, 1.807) is 18.2 Å². The number of aliphatic hydroxyl groups excluding tert-OH is 1. The molecule has 0 aliphatic heterocycles. The van der Waals surface area contributed by atoms with Crippen LogP contribution in [0.15, 0.2) is 53.0 Å². The van der Waals surface area contributed by atoms with Crippen molar-refractivity contribution >= 4 is 45.5 Å². The lowest BCUT2D eigenvalue weighted by atomic mass is 10.1. The lowest BCUT2D eigenvalue weighted by Crippen LogP contribution is -2.45. The second-order valence-corrected chi connectivity index (χ2v) is 8.17. The third-order valence-electron chi connectivity index (χ3n) is 4.37. The van der Waals surface area contributed by atoms with E-state index in [1.165, 1.54) is 7.11 Å². The smallest absolute Gasteiger partial charge is 0.407 e. The summed E-state index contributed by atoms with van der Waals surface area (Å²) in [7, 11) is 1.22. The molecule has 0 aliphatic rings. The Morgan fingerprint density at radius 2 is 1.88 bits per heavy atom. The Balaban J connectivity index is 1.81. The first-order valence-corrected chi connectivity index (χ1v) is 10.9. The highest BCUT2D eigenvalue weighted by Gasteiger charge is 2.24. The second-order valence-electron chi connectivity index (χ2n) is 6.88. The Bertz CT molecular complexity index is 928. The summed E-state index contributed by atoms with van der Waals surface area (Å²) in [6, 6.07) is 13.3. The molecule has 0 aliphatic carbocycles. The quantitative estimate of drug-likeness (QED) is 0.409. The summed E-state index contributed by atoms with van der Waals surface area (Å²) in [5, 5.41) is 15.5. The van der Waals surface area contributed by atoms with Gasteiger partial charge in [-0.3, -0.25) is 4.79 Å². The molecule has 172 valence electrons. The predicted molar refractivity (Wildman–Crippen MR) is 122 cm³/mol. The molecule has 0 fully saturated rings. The van der Waals surface area contributed by atoms with Gasteiger partial charge in [0.1, 0.15) is 12.6 Å². The highest BCUT2D eigenvalue weighted by molar-refractivity contribution is 9.10. The molecule has 0 heterocycles. The molecular weight excluding hydrogens is 504 g/mol. The van der Waals surface area contributed by atoms with Gasteiger partial charge >= 0.3 is 12.1 Å². The van der Waals surface area contributed by atoms with E-state index in [1.807, 2.05) is 30.3 Å². The van der Waals surface area contributed by atoms with Crippen molar-refractivity contribution in [3.63, 3.8) is 0 Å². The lowest BCUT2D eigenvalue weighted by Gasteiger charge is -2.19. The van der Waals surface area contributed by atoms with Crippen LogP contribution in [0.5, 0.6) is 0 Å². The molecule has 3 N–H and O–H groups in total. The molecule has 0 saturated carbocycles. The van der Waals surface area contributed by atoms with Crippen LogP contribution in [0.25, 0.3) is 0 Å². The van der Waals surface area contributed by atoms with Gasteiger partial charge in [-0.1, -0.05) is 57.9 Å². The van der Waals surface area contributed by atoms with E-state index in [0.29, 0.717) is 10.6 Å². The summed E-state index contributed by atoms with van der Waals surface area (Å²) < 4.78 is 10.5. The summed E-state index contributed by atoms with van der Waals surface area (Å²) in [6.07, 6.45) is -2.08. The minimum atomic E-state index is -1.17. The summed E-state index contributed by atoms with van der Waals surface area (Å²) in [5.74, 6) is -1.21. The maximum absolute atomic E-state index is 12.3. The van der Waals surface area contributed by atoms with E-state index >= 15 is 0 Å². The zero-order valence-corrected chi connectivity index (χ0v) is 19.7. The number of alkyl carbamates (subject to hydrolysis) is 1. The lowest BCUT2D eigenvalue weighted by molar-refractivity contribution is -0.145. The zero-order chi connectivity index (χ0) is 23.5.